The summed E-state index contributed by atoms with van der Waals surface area (Å²) in [4.78, 5) is 9.60. The van der Waals surface area contributed by atoms with Crippen molar-refractivity contribution in [2.45, 2.75) is 19.8 Å². The molecule has 0 unspecified atom stereocenters. The first-order valence-corrected chi connectivity index (χ1v) is 1.99. The number of carboxylic acid groups (broad SMARTS) is 1. The van der Waals surface area contributed by atoms with Gasteiger partial charge in [0.15, 0.2) is 0 Å². The minimum atomic E-state index is -0.711. The Hall–Kier alpha value is 0.610. The smallest absolute Gasteiger partial charge is 1.00 e. The number of carbonyl (C=O) groups is 1. The molecule has 0 rings (SSSR count). The van der Waals surface area contributed by atoms with Gasteiger partial charge < -0.3 is 24.4 Å². The first-order chi connectivity index (χ1) is 2.77. The van der Waals surface area contributed by atoms with Gasteiger partial charge in [-0.15, -0.1) is 0 Å². The van der Waals surface area contributed by atoms with Crippen molar-refractivity contribution in [3.63, 3.8) is 0 Å². The predicted octanol–water partition coefficient (Wildman–Crippen LogP) is -1.76. The molecule has 7 N–H and O–H groups in total. The predicted molar refractivity (Wildman–Crippen MR) is 41.4 cm³/mol. The molecule has 0 aliphatic carbocycles. The van der Waals surface area contributed by atoms with Gasteiger partial charge in [-0.05, 0) is 6.42 Å². The van der Waals surface area contributed by atoms with Crippen molar-refractivity contribution >= 4 is 43.7 Å². The molecule has 0 aromatic rings. The van der Waals surface area contributed by atoms with Gasteiger partial charge in [-0.3, -0.25) is 4.79 Å². The van der Waals surface area contributed by atoms with E-state index in [2.05, 4.69) is 0 Å². The number of hydrogen-bond donors (Lipinski definition) is 1. The van der Waals surface area contributed by atoms with Crippen molar-refractivity contribution in [3.8, 4) is 0 Å². The molecule has 6 heteroatoms. The molecule has 0 aromatic heterocycles. The molecule has 0 saturated heterocycles. The maximum absolute atomic E-state index is 9.60. The van der Waals surface area contributed by atoms with Crippen LogP contribution in [-0.4, -0.2) is 65.2 Å². The van der Waals surface area contributed by atoms with Crippen molar-refractivity contribution in [3.05, 3.63) is 0 Å². The van der Waals surface area contributed by atoms with E-state index in [1.807, 2.05) is 6.92 Å². The average molecular weight is 184 g/mol. The van der Waals surface area contributed by atoms with Gasteiger partial charge >= 0.3 is 43.7 Å². The summed E-state index contributed by atoms with van der Waals surface area (Å²) in [6.45, 7) is 1.84. The van der Waals surface area contributed by atoms with Gasteiger partial charge in [0, 0.05) is 6.42 Å². The van der Waals surface area contributed by atoms with E-state index >= 15 is 0 Å². The van der Waals surface area contributed by atoms with E-state index in [0.717, 1.165) is 6.42 Å². The zero-order valence-corrected chi connectivity index (χ0v) is 8.19. The van der Waals surface area contributed by atoms with Crippen LogP contribution in [0.2, 0.25) is 0 Å². The Bertz CT molecular complexity index is 65.4. The van der Waals surface area contributed by atoms with Gasteiger partial charge in [-0.2, -0.15) is 0 Å². The minimum absolute atomic E-state index is 0. The number of rotatable bonds is 2. The summed E-state index contributed by atoms with van der Waals surface area (Å²) in [7, 11) is 0. The fraction of sp³-hybridized carbons (Fsp3) is 0.750. The number of aliphatic carboxylic acids is 1. The fourth-order valence-electron chi connectivity index (χ4n) is 0.214. The summed E-state index contributed by atoms with van der Waals surface area (Å²) >= 11 is 0. The molecule has 0 aliphatic heterocycles. The van der Waals surface area contributed by atoms with Gasteiger partial charge in [-0.1, -0.05) is 6.92 Å². The van der Waals surface area contributed by atoms with Gasteiger partial charge in [0.2, 0.25) is 0 Å². The Morgan fingerprint density at radius 1 is 1.40 bits per heavy atom. The van der Waals surface area contributed by atoms with Crippen LogP contribution in [0.5, 0.6) is 0 Å². The molecular weight excluding hydrogens is 168 g/mol. The summed E-state index contributed by atoms with van der Waals surface area (Å²) in [5.74, 6) is -0.711. The van der Waals surface area contributed by atoms with Crippen molar-refractivity contribution < 1.29 is 29.2 Å². The summed E-state index contributed by atoms with van der Waals surface area (Å²) in [5, 5.41) is 7.91. The Kier molecular flexibility index (Phi) is 70.5. The van der Waals surface area contributed by atoms with Crippen molar-refractivity contribution in [1.82, 2.24) is 0 Å². The largest absolute Gasteiger partial charge is 2.00 e. The van der Waals surface area contributed by atoms with E-state index < -0.39 is 5.97 Å². The minimum Gasteiger partial charge on any atom is -1.00 e. The van der Waals surface area contributed by atoms with Crippen LogP contribution in [-0.2, 0) is 4.79 Å². The van der Waals surface area contributed by atoms with E-state index in [9.17, 15) is 4.79 Å². The summed E-state index contributed by atoms with van der Waals surface area (Å²) in [6, 6.07) is 0. The molecule has 5 nitrogen and oxygen atoms in total. The number of hydrogen-bond acceptors (Lipinski definition) is 1. The van der Waals surface area contributed by atoms with E-state index in [-0.39, 0.29) is 57.0 Å². The maximum atomic E-state index is 9.60. The average Bonchev–Trinajstić information content (AvgIpc) is 1.35. The Labute approximate surface area is 92.3 Å². The Morgan fingerprint density at radius 2 is 1.70 bits per heavy atom. The molecule has 0 fully saturated rings. The van der Waals surface area contributed by atoms with E-state index in [4.69, 9.17) is 5.11 Å². The van der Waals surface area contributed by atoms with Crippen LogP contribution < -0.4 is 0 Å². The first-order valence-electron chi connectivity index (χ1n) is 1.99. The fourth-order valence-corrected chi connectivity index (χ4v) is 0.214. The second kappa shape index (κ2) is 22.6. The third-order valence-corrected chi connectivity index (χ3v) is 0.464. The number of carboxylic acids is 1. The van der Waals surface area contributed by atoms with Gasteiger partial charge in [-0.25, -0.2) is 0 Å². The first kappa shape index (κ1) is 31.1. The second-order valence-electron chi connectivity index (χ2n) is 1.14. The monoisotopic (exact) mass is 184 g/mol. The molecule has 0 saturated carbocycles. The molecule has 10 heavy (non-hydrogen) atoms. The third kappa shape index (κ3) is 38.3. The van der Waals surface area contributed by atoms with Crippen LogP contribution in [0, 0.1) is 0 Å². The zero-order valence-electron chi connectivity index (χ0n) is 7.98. The van der Waals surface area contributed by atoms with Crippen LogP contribution >= 0.6 is 0 Å². The summed E-state index contributed by atoms with van der Waals surface area (Å²) in [6.07, 6.45) is 1.02. The molecule has 64 valence electrons. The van der Waals surface area contributed by atoms with E-state index in [0.29, 0.717) is 6.42 Å². The second-order valence-corrected chi connectivity index (χ2v) is 1.14. The SMILES string of the molecule is CCCC(=O)O.O.O.O.[Ca+2].[H-].[H-]. The molecule has 0 heterocycles. The van der Waals surface area contributed by atoms with Crippen LogP contribution in [0.15, 0.2) is 0 Å². The standard InChI is InChI=1S/C4H8O2.Ca.3H2O.2H/c1-2-3-4(5)6;;;;;;/h2-3H2,1H3,(H,5,6);;3*1H2;;/q;+2;;;;2*-1. The van der Waals surface area contributed by atoms with Crippen LogP contribution in [0.4, 0.5) is 0 Å². The summed E-state index contributed by atoms with van der Waals surface area (Å²) < 4.78 is 0. The molecule has 0 aliphatic rings. The zero-order chi connectivity index (χ0) is 4.99. The Balaban J connectivity index is -0.00000000833. The molecule has 0 aromatic carbocycles. The van der Waals surface area contributed by atoms with Gasteiger partial charge in [0.1, 0.15) is 0 Å². The van der Waals surface area contributed by atoms with Gasteiger partial charge in [0.05, 0.1) is 0 Å². The maximum Gasteiger partial charge on any atom is 2.00 e. The van der Waals surface area contributed by atoms with Gasteiger partial charge in [0.25, 0.3) is 0 Å². The molecule has 0 spiro atoms. The van der Waals surface area contributed by atoms with Crippen molar-refractivity contribution in [1.29, 1.82) is 0 Å². The molecule has 0 radical (unpaired) electrons. The third-order valence-electron chi connectivity index (χ3n) is 0.464. The van der Waals surface area contributed by atoms with E-state index in [1.54, 1.807) is 0 Å². The van der Waals surface area contributed by atoms with Crippen LogP contribution in [0.3, 0.4) is 0 Å². The Morgan fingerprint density at radius 3 is 1.70 bits per heavy atom. The van der Waals surface area contributed by atoms with Crippen molar-refractivity contribution in [2.24, 2.45) is 0 Å². The topological polar surface area (TPSA) is 132 Å². The van der Waals surface area contributed by atoms with Crippen molar-refractivity contribution in [2.75, 3.05) is 0 Å². The molecular formula is C4H16CaO5. The molecule has 0 amide bonds. The van der Waals surface area contributed by atoms with E-state index in [1.165, 1.54) is 0 Å². The summed E-state index contributed by atoms with van der Waals surface area (Å²) in [5.41, 5.74) is 0. The molecule has 0 atom stereocenters. The quantitative estimate of drug-likeness (QED) is 0.509. The van der Waals surface area contributed by atoms with Crippen LogP contribution in [0.1, 0.15) is 22.6 Å². The van der Waals surface area contributed by atoms with Crippen LogP contribution in [0.25, 0.3) is 0 Å². The molecule has 0 bridgehead atoms. The normalized spacial score (nSPS) is 4.90.